The van der Waals surface area contributed by atoms with Crippen molar-refractivity contribution in [2.24, 2.45) is 5.92 Å². The van der Waals surface area contributed by atoms with Crippen molar-refractivity contribution in [1.82, 2.24) is 19.5 Å². The fourth-order valence-electron chi connectivity index (χ4n) is 3.01. The van der Waals surface area contributed by atoms with Crippen molar-refractivity contribution in [2.45, 2.75) is 30.8 Å². The van der Waals surface area contributed by atoms with Gasteiger partial charge in [0.25, 0.3) is 5.56 Å². The molecule has 0 bridgehead atoms. The minimum Gasteiger partial charge on any atom is -0.479 e. The molecule has 0 saturated heterocycles. The van der Waals surface area contributed by atoms with Crippen LogP contribution in [-0.4, -0.2) is 87.0 Å². The number of rotatable bonds is 5. The average molecular weight is 427 g/mol. The number of nitrogens with zero attached hydrogens (tertiary/aromatic N) is 3. The Bertz CT molecular complexity index is 998. The number of imidazole rings is 1. The molecule has 1 fully saturated rings. The van der Waals surface area contributed by atoms with Crippen LogP contribution in [0.1, 0.15) is 12.5 Å². The maximum atomic E-state index is 11.7. The van der Waals surface area contributed by atoms with Gasteiger partial charge in [0.15, 0.2) is 23.4 Å². The summed E-state index contributed by atoms with van der Waals surface area (Å²) in [4.78, 5) is 41.8. The molecular formula is C16H21N5O9. The van der Waals surface area contributed by atoms with Gasteiger partial charge < -0.3 is 40.9 Å². The molecule has 2 aromatic rings. The number of hydrogen-bond donors (Lipinski definition) is 8. The number of carboxylic acid groups (broad SMARTS) is 2. The molecule has 0 aromatic carbocycles. The van der Waals surface area contributed by atoms with Gasteiger partial charge in [-0.25, -0.2) is 14.6 Å². The summed E-state index contributed by atoms with van der Waals surface area (Å²) >= 11 is 0. The number of aliphatic carboxylic acids is 2. The molecule has 0 aliphatic heterocycles. The van der Waals surface area contributed by atoms with E-state index in [0.29, 0.717) is 17.6 Å². The number of fused-ring (bicyclic) bond motifs is 1. The molecule has 164 valence electrons. The lowest BCUT2D eigenvalue weighted by atomic mass is 10.0. The zero-order chi connectivity index (χ0) is 22.7. The molecular weight excluding hydrogens is 406 g/mol. The minimum absolute atomic E-state index is 0.00659. The number of hydrogen-bond acceptors (Lipinski definition) is 10. The first-order chi connectivity index (χ1) is 14.0. The van der Waals surface area contributed by atoms with Crippen LogP contribution in [-0.2, 0) is 9.59 Å². The molecule has 2 aromatic heterocycles. The van der Waals surface area contributed by atoms with E-state index >= 15 is 0 Å². The summed E-state index contributed by atoms with van der Waals surface area (Å²) in [6, 6.07) is -0.263. The highest BCUT2D eigenvalue weighted by molar-refractivity contribution is 5.83. The Morgan fingerprint density at radius 2 is 1.87 bits per heavy atom. The Hall–Kier alpha value is -3.33. The number of aliphatic hydroxyl groups is 4. The lowest BCUT2D eigenvalue weighted by Crippen LogP contribution is -2.39. The quantitative estimate of drug-likeness (QED) is 0.223. The lowest BCUT2D eigenvalue weighted by Gasteiger charge is -2.15. The molecule has 0 amide bonds. The van der Waals surface area contributed by atoms with Gasteiger partial charge in [-0.2, -0.15) is 4.98 Å². The number of aromatic nitrogens is 4. The SMILES string of the molecule is C=C1[C@H](CO)[C@@H](O)C[C@@H]1n1cnc2c(=O)[nH]c(N)nc21.O=C(O)C(O)C(O)C(=O)O. The summed E-state index contributed by atoms with van der Waals surface area (Å²) in [5.41, 5.74) is 6.37. The normalized spacial score (nSPS) is 22.9. The number of carboxylic acids is 2. The number of aromatic amines is 1. The minimum atomic E-state index is -2.27. The van der Waals surface area contributed by atoms with Crippen LogP contribution < -0.4 is 11.3 Å². The predicted octanol–water partition coefficient (Wildman–Crippen LogP) is -2.95. The summed E-state index contributed by atoms with van der Waals surface area (Å²) in [5.74, 6) is -3.91. The van der Waals surface area contributed by atoms with E-state index in [1.165, 1.54) is 6.33 Å². The number of nitrogens with two attached hydrogens (primary N) is 1. The predicted molar refractivity (Wildman–Crippen MR) is 99.2 cm³/mol. The Balaban J connectivity index is 0.000000274. The highest BCUT2D eigenvalue weighted by atomic mass is 16.4. The number of aliphatic hydroxyl groups excluding tert-OH is 4. The summed E-state index contributed by atoms with van der Waals surface area (Å²) in [6.07, 6.45) is -3.33. The van der Waals surface area contributed by atoms with E-state index in [1.54, 1.807) is 4.57 Å². The Morgan fingerprint density at radius 1 is 1.30 bits per heavy atom. The van der Waals surface area contributed by atoms with Crippen LogP contribution in [0.2, 0.25) is 0 Å². The third-order valence-electron chi connectivity index (χ3n) is 4.62. The summed E-state index contributed by atoms with van der Waals surface area (Å²) < 4.78 is 1.67. The van der Waals surface area contributed by atoms with Gasteiger partial charge in [-0.05, 0) is 12.0 Å². The fraction of sp³-hybridized carbons (Fsp3) is 0.438. The second-order valence-corrected chi connectivity index (χ2v) is 6.52. The zero-order valence-corrected chi connectivity index (χ0v) is 15.4. The van der Waals surface area contributed by atoms with E-state index in [9.17, 15) is 24.6 Å². The Labute approximate surface area is 167 Å². The maximum absolute atomic E-state index is 11.7. The largest absolute Gasteiger partial charge is 0.479 e. The molecule has 14 heteroatoms. The third-order valence-corrected chi connectivity index (χ3v) is 4.62. The van der Waals surface area contributed by atoms with Crippen LogP contribution in [0.25, 0.3) is 11.2 Å². The Kier molecular flexibility index (Phi) is 6.88. The topological polar surface area (TPSA) is 245 Å². The molecule has 0 radical (unpaired) electrons. The van der Waals surface area contributed by atoms with Gasteiger partial charge in [0.1, 0.15) is 0 Å². The van der Waals surface area contributed by atoms with Gasteiger partial charge in [-0.15, -0.1) is 0 Å². The average Bonchev–Trinajstić information content (AvgIpc) is 3.21. The van der Waals surface area contributed by atoms with E-state index in [1.807, 2.05) is 0 Å². The van der Waals surface area contributed by atoms with Crippen molar-refractivity contribution >= 4 is 29.1 Å². The monoisotopic (exact) mass is 427 g/mol. The first-order valence-electron chi connectivity index (χ1n) is 8.51. The van der Waals surface area contributed by atoms with Gasteiger partial charge >= 0.3 is 11.9 Å². The van der Waals surface area contributed by atoms with Gasteiger partial charge in [-0.1, -0.05) is 6.58 Å². The number of nitrogen functional groups attached to an aromatic ring is 1. The molecule has 1 aliphatic rings. The van der Waals surface area contributed by atoms with Crippen LogP contribution in [0.4, 0.5) is 5.95 Å². The molecule has 1 aliphatic carbocycles. The smallest absolute Gasteiger partial charge is 0.335 e. The second-order valence-electron chi connectivity index (χ2n) is 6.52. The van der Waals surface area contributed by atoms with Crippen molar-refractivity contribution in [3.05, 3.63) is 28.8 Å². The molecule has 9 N–H and O–H groups in total. The molecule has 5 atom stereocenters. The van der Waals surface area contributed by atoms with Gasteiger partial charge in [0.2, 0.25) is 5.95 Å². The standard InChI is InChI=1S/C12H15N5O3.C4H6O6/c1-5-6(3-18)8(19)2-7(5)17-4-14-9-10(17)15-12(13)16-11(9)20;5-1(3(7)8)2(6)4(9)10/h4,6-8,18-19H,1-3H2,(H3,13,15,16,20);1-2,5-6H,(H,7,8)(H,9,10)/t6-,7-,8-;/m0./s1. The van der Waals surface area contributed by atoms with Crippen LogP contribution in [0.5, 0.6) is 0 Å². The van der Waals surface area contributed by atoms with Crippen LogP contribution >= 0.6 is 0 Å². The van der Waals surface area contributed by atoms with E-state index in [4.69, 9.17) is 26.2 Å². The third kappa shape index (κ3) is 4.46. The van der Waals surface area contributed by atoms with Gasteiger partial charge in [0.05, 0.1) is 25.1 Å². The maximum Gasteiger partial charge on any atom is 0.335 e. The molecule has 0 spiro atoms. The Morgan fingerprint density at radius 3 is 2.33 bits per heavy atom. The summed E-state index contributed by atoms with van der Waals surface area (Å²) in [5, 5.41) is 51.8. The van der Waals surface area contributed by atoms with E-state index in [0.717, 1.165) is 0 Å². The van der Waals surface area contributed by atoms with Gasteiger partial charge in [-0.3, -0.25) is 9.78 Å². The van der Waals surface area contributed by atoms with E-state index < -0.39 is 35.8 Å². The highest BCUT2D eigenvalue weighted by Gasteiger charge is 2.38. The van der Waals surface area contributed by atoms with E-state index in [-0.39, 0.29) is 30.0 Å². The number of carbonyl (C=O) groups is 2. The molecule has 1 saturated carbocycles. The van der Waals surface area contributed by atoms with Crippen molar-refractivity contribution in [2.75, 3.05) is 12.3 Å². The highest BCUT2D eigenvalue weighted by Crippen LogP contribution is 2.39. The molecule has 2 heterocycles. The van der Waals surface area contributed by atoms with Gasteiger partial charge in [0, 0.05) is 5.92 Å². The molecule has 2 unspecified atom stereocenters. The molecule has 3 rings (SSSR count). The lowest BCUT2D eigenvalue weighted by molar-refractivity contribution is -0.165. The fourth-order valence-corrected chi connectivity index (χ4v) is 3.01. The van der Waals surface area contributed by atoms with Crippen LogP contribution in [0, 0.1) is 5.92 Å². The van der Waals surface area contributed by atoms with Crippen molar-refractivity contribution in [3.63, 3.8) is 0 Å². The second kappa shape index (κ2) is 9.00. The van der Waals surface area contributed by atoms with E-state index in [2.05, 4.69) is 21.5 Å². The summed E-state index contributed by atoms with van der Waals surface area (Å²) in [6.45, 7) is 3.76. The first kappa shape index (κ1) is 23.0. The molecule has 14 nitrogen and oxygen atoms in total. The van der Waals surface area contributed by atoms with Crippen molar-refractivity contribution in [3.8, 4) is 0 Å². The van der Waals surface area contributed by atoms with Crippen molar-refractivity contribution in [1.29, 1.82) is 0 Å². The zero-order valence-electron chi connectivity index (χ0n) is 15.4. The number of anilines is 1. The first-order valence-corrected chi connectivity index (χ1v) is 8.51. The van der Waals surface area contributed by atoms with Crippen molar-refractivity contribution < 1.29 is 40.2 Å². The number of nitrogens with one attached hydrogen (secondary N) is 1. The number of H-pyrrole nitrogens is 1. The van der Waals surface area contributed by atoms with Crippen LogP contribution in [0.3, 0.4) is 0 Å². The van der Waals surface area contributed by atoms with Crippen LogP contribution in [0.15, 0.2) is 23.3 Å². The summed E-state index contributed by atoms with van der Waals surface area (Å²) in [7, 11) is 0. The molecule has 30 heavy (non-hydrogen) atoms.